The molecule has 25 heavy (non-hydrogen) atoms. The fourth-order valence-corrected chi connectivity index (χ4v) is 3.94. The number of carbonyl (C=O) groups is 1. The molecule has 1 aromatic carbocycles. The normalized spacial score (nSPS) is 11.8. The average Bonchev–Trinajstić information content (AvgIpc) is 3.05. The van der Waals surface area contributed by atoms with Crippen LogP contribution in [-0.4, -0.2) is 35.0 Å². The number of nitrogens with zero attached hydrogens (tertiary/aromatic N) is 2. The third-order valence-corrected chi connectivity index (χ3v) is 5.76. The van der Waals surface area contributed by atoms with Gasteiger partial charge in [0.05, 0.1) is 12.4 Å². The van der Waals surface area contributed by atoms with Crippen LogP contribution >= 0.6 is 23.1 Å². The molecule has 2 N–H and O–H groups in total. The summed E-state index contributed by atoms with van der Waals surface area (Å²) in [5.74, 6) is 0.846. The second-order valence-electron chi connectivity index (χ2n) is 5.54. The van der Waals surface area contributed by atoms with Crippen molar-refractivity contribution in [3.63, 3.8) is 0 Å². The van der Waals surface area contributed by atoms with E-state index in [0.717, 1.165) is 20.9 Å². The molecule has 0 saturated heterocycles. The largest absolute Gasteiger partial charge is 0.497 e. The summed E-state index contributed by atoms with van der Waals surface area (Å²) < 4.78 is 5.89. The van der Waals surface area contributed by atoms with Crippen molar-refractivity contribution in [3.05, 3.63) is 36.9 Å². The molecule has 0 fully saturated rings. The van der Waals surface area contributed by atoms with E-state index in [1.54, 1.807) is 13.2 Å². The topological polar surface area (TPSA) is 76.1 Å². The number of hydrogen-bond acceptors (Lipinski definition) is 7. The minimum absolute atomic E-state index is 0.0547. The Bertz CT molecular complexity index is 701. The molecule has 8 heteroatoms. The Balaban J connectivity index is 2.02. The number of nitrogens with one attached hydrogen (secondary N) is 2. The summed E-state index contributed by atoms with van der Waals surface area (Å²) in [5.41, 5.74) is 0.739. The molecule has 0 radical (unpaired) electrons. The molecule has 0 bridgehead atoms. The number of rotatable bonds is 9. The zero-order valence-electron chi connectivity index (χ0n) is 14.5. The van der Waals surface area contributed by atoms with Crippen molar-refractivity contribution < 1.29 is 9.53 Å². The van der Waals surface area contributed by atoms with Gasteiger partial charge in [0.1, 0.15) is 5.75 Å². The number of thioether (sulfide) groups is 1. The lowest BCUT2D eigenvalue weighted by Gasteiger charge is -2.18. The molecule has 134 valence electrons. The highest BCUT2D eigenvalue weighted by molar-refractivity contribution is 8.02. The molecule has 0 spiro atoms. The lowest BCUT2D eigenvalue weighted by atomic mass is 10.1. The van der Waals surface area contributed by atoms with E-state index in [-0.39, 0.29) is 17.1 Å². The highest BCUT2D eigenvalue weighted by Crippen LogP contribution is 2.33. The third-order valence-electron chi connectivity index (χ3n) is 3.25. The summed E-state index contributed by atoms with van der Waals surface area (Å²) in [6.45, 7) is 8.32. The molecule has 0 aliphatic rings. The SMILES string of the molecule is C=CCNc1nnc(SC(C(=O)Nc2ccc(OC)cc2)C(C)C)s1. The third kappa shape index (κ3) is 5.75. The lowest BCUT2D eigenvalue weighted by Crippen LogP contribution is -2.29. The summed E-state index contributed by atoms with van der Waals surface area (Å²) in [6, 6.07) is 7.27. The number of aromatic nitrogens is 2. The fraction of sp³-hybridized carbons (Fsp3) is 0.353. The molecule has 1 aromatic heterocycles. The molecule has 1 amide bonds. The van der Waals surface area contributed by atoms with Crippen molar-refractivity contribution in [2.45, 2.75) is 23.4 Å². The zero-order valence-corrected chi connectivity index (χ0v) is 16.1. The van der Waals surface area contributed by atoms with E-state index in [1.807, 2.05) is 38.1 Å². The number of amides is 1. The van der Waals surface area contributed by atoms with E-state index < -0.39 is 0 Å². The van der Waals surface area contributed by atoms with Gasteiger partial charge < -0.3 is 15.4 Å². The van der Waals surface area contributed by atoms with Crippen molar-refractivity contribution in [1.29, 1.82) is 0 Å². The summed E-state index contributed by atoms with van der Waals surface area (Å²) in [4.78, 5) is 12.7. The Morgan fingerprint density at radius 1 is 1.36 bits per heavy atom. The van der Waals surface area contributed by atoms with Crippen LogP contribution in [0.3, 0.4) is 0 Å². The summed E-state index contributed by atoms with van der Waals surface area (Å²) in [5, 5.41) is 14.7. The fourth-order valence-electron chi connectivity index (χ4n) is 1.98. The van der Waals surface area contributed by atoms with Crippen molar-refractivity contribution in [2.24, 2.45) is 5.92 Å². The first-order valence-corrected chi connectivity index (χ1v) is 9.53. The summed E-state index contributed by atoms with van der Waals surface area (Å²) in [6.07, 6.45) is 1.76. The Labute approximate surface area is 156 Å². The van der Waals surface area contributed by atoms with Crippen molar-refractivity contribution >= 4 is 39.8 Å². The van der Waals surface area contributed by atoms with Gasteiger partial charge in [-0.3, -0.25) is 4.79 Å². The predicted molar refractivity (Wildman–Crippen MR) is 105 cm³/mol. The molecule has 1 atom stereocenters. The van der Waals surface area contributed by atoms with Gasteiger partial charge in [0, 0.05) is 12.2 Å². The van der Waals surface area contributed by atoms with Gasteiger partial charge in [-0.1, -0.05) is 43.0 Å². The van der Waals surface area contributed by atoms with Gasteiger partial charge in [-0.2, -0.15) is 0 Å². The summed E-state index contributed by atoms with van der Waals surface area (Å²) in [7, 11) is 1.61. The van der Waals surface area contributed by atoms with Gasteiger partial charge in [-0.15, -0.1) is 16.8 Å². The summed E-state index contributed by atoms with van der Waals surface area (Å²) >= 11 is 2.86. The van der Waals surface area contributed by atoms with Crippen molar-refractivity contribution in [3.8, 4) is 5.75 Å². The van der Waals surface area contributed by atoms with Crippen LogP contribution in [0.2, 0.25) is 0 Å². The number of ether oxygens (including phenoxy) is 1. The second-order valence-corrected chi connectivity index (χ2v) is 7.91. The lowest BCUT2D eigenvalue weighted by molar-refractivity contribution is -0.116. The molecule has 0 aliphatic carbocycles. The van der Waals surface area contributed by atoms with Crippen LogP contribution in [-0.2, 0) is 4.79 Å². The predicted octanol–water partition coefficient (Wildman–Crippen LogP) is 3.90. The van der Waals surface area contributed by atoms with Gasteiger partial charge in [0.2, 0.25) is 11.0 Å². The molecule has 1 heterocycles. The maximum Gasteiger partial charge on any atom is 0.238 e. The molecule has 2 rings (SSSR count). The monoisotopic (exact) mass is 378 g/mol. The van der Waals surface area contributed by atoms with E-state index in [1.165, 1.54) is 23.1 Å². The molecular formula is C17H22N4O2S2. The number of carbonyl (C=O) groups excluding carboxylic acids is 1. The van der Waals surface area contributed by atoms with E-state index in [0.29, 0.717) is 6.54 Å². The van der Waals surface area contributed by atoms with Crippen LogP contribution in [0.5, 0.6) is 5.75 Å². The molecule has 0 aliphatic heterocycles. The van der Waals surface area contributed by atoms with Crippen LogP contribution in [0.25, 0.3) is 0 Å². The maximum atomic E-state index is 12.7. The first-order chi connectivity index (χ1) is 12.0. The quantitative estimate of drug-likeness (QED) is 0.509. The Kier molecular flexibility index (Phi) is 7.27. The zero-order chi connectivity index (χ0) is 18.2. The smallest absolute Gasteiger partial charge is 0.238 e. The first-order valence-electron chi connectivity index (χ1n) is 7.83. The minimum Gasteiger partial charge on any atom is -0.497 e. The van der Waals surface area contributed by atoms with Gasteiger partial charge in [0.25, 0.3) is 0 Å². The number of benzene rings is 1. The van der Waals surface area contributed by atoms with Crippen molar-refractivity contribution in [2.75, 3.05) is 24.3 Å². The van der Waals surface area contributed by atoms with Crippen molar-refractivity contribution in [1.82, 2.24) is 10.2 Å². The standard InChI is InChI=1S/C17H22N4O2S2/c1-5-10-18-16-20-21-17(25-16)24-14(11(2)3)15(22)19-12-6-8-13(23-4)9-7-12/h5-9,11,14H,1,10H2,2-4H3,(H,18,20)(H,19,22). The van der Waals surface area contributed by atoms with Crippen LogP contribution in [0.15, 0.2) is 41.3 Å². The molecule has 2 aromatic rings. The Morgan fingerprint density at radius 3 is 2.68 bits per heavy atom. The Hall–Kier alpha value is -2.06. The second kappa shape index (κ2) is 9.43. The first kappa shape index (κ1) is 19.3. The molecule has 1 unspecified atom stereocenters. The average molecular weight is 379 g/mol. The van der Waals surface area contributed by atoms with E-state index in [9.17, 15) is 4.79 Å². The highest BCUT2D eigenvalue weighted by Gasteiger charge is 2.25. The maximum absolute atomic E-state index is 12.7. The molecular weight excluding hydrogens is 356 g/mol. The Morgan fingerprint density at radius 2 is 2.08 bits per heavy atom. The van der Waals surface area contributed by atoms with E-state index >= 15 is 0 Å². The molecule has 6 nitrogen and oxygen atoms in total. The van der Waals surface area contributed by atoms with Gasteiger partial charge >= 0.3 is 0 Å². The van der Waals surface area contributed by atoms with Crippen LogP contribution in [0.4, 0.5) is 10.8 Å². The molecule has 0 saturated carbocycles. The number of anilines is 2. The number of methoxy groups -OCH3 is 1. The van der Waals surface area contributed by atoms with Gasteiger partial charge in [0.15, 0.2) is 4.34 Å². The van der Waals surface area contributed by atoms with E-state index in [2.05, 4.69) is 27.4 Å². The van der Waals surface area contributed by atoms with E-state index in [4.69, 9.17) is 4.74 Å². The van der Waals surface area contributed by atoms with Crippen LogP contribution < -0.4 is 15.4 Å². The minimum atomic E-state index is -0.262. The highest BCUT2D eigenvalue weighted by atomic mass is 32.2. The van der Waals surface area contributed by atoms with Crippen LogP contribution in [0, 0.1) is 5.92 Å². The number of hydrogen-bond donors (Lipinski definition) is 2. The van der Waals surface area contributed by atoms with Gasteiger partial charge in [-0.05, 0) is 30.2 Å². The van der Waals surface area contributed by atoms with Gasteiger partial charge in [-0.25, -0.2) is 0 Å². The van der Waals surface area contributed by atoms with Crippen LogP contribution in [0.1, 0.15) is 13.8 Å².